The summed E-state index contributed by atoms with van der Waals surface area (Å²) in [7, 11) is 0. The van der Waals surface area contributed by atoms with Crippen molar-refractivity contribution in [3.63, 3.8) is 0 Å². The van der Waals surface area contributed by atoms with Crippen LogP contribution >= 0.6 is 23.1 Å². The molecule has 0 saturated heterocycles. The Morgan fingerprint density at radius 1 is 0.913 bits per heavy atom. The van der Waals surface area contributed by atoms with Crippen LogP contribution in [0.4, 0.5) is 0 Å². The second-order valence-electron chi connectivity index (χ2n) is 4.68. The molecule has 4 rings (SSSR count). The highest BCUT2D eigenvalue weighted by Crippen LogP contribution is 2.32. The molecule has 0 aliphatic carbocycles. The maximum atomic E-state index is 4.66. The van der Waals surface area contributed by atoms with Crippen molar-refractivity contribution in [1.29, 1.82) is 0 Å². The number of hydrogen-bond donors (Lipinski definition) is 0. The molecule has 4 aromatic rings. The Morgan fingerprint density at radius 2 is 1.65 bits per heavy atom. The first-order valence-corrected chi connectivity index (χ1v) is 8.62. The van der Waals surface area contributed by atoms with Crippen LogP contribution in [0.1, 0.15) is 0 Å². The van der Waals surface area contributed by atoms with E-state index in [0.717, 1.165) is 21.3 Å². The van der Waals surface area contributed by atoms with E-state index < -0.39 is 0 Å². The minimum atomic E-state index is 0.699. The van der Waals surface area contributed by atoms with Gasteiger partial charge in [-0.1, -0.05) is 48.5 Å². The van der Waals surface area contributed by atoms with E-state index in [2.05, 4.69) is 32.6 Å². The number of para-hydroxylation sites is 1. The third-order valence-corrected chi connectivity index (χ3v) is 5.05. The maximum Gasteiger partial charge on any atom is 0.221 e. The van der Waals surface area contributed by atoms with Crippen LogP contribution in [0.3, 0.4) is 0 Å². The highest BCUT2D eigenvalue weighted by atomic mass is 32.2. The van der Waals surface area contributed by atoms with Gasteiger partial charge in [0.15, 0.2) is 4.34 Å². The number of tetrazole rings is 1. The highest BCUT2D eigenvalue weighted by molar-refractivity contribution is 8.00. The van der Waals surface area contributed by atoms with Gasteiger partial charge < -0.3 is 0 Å². The third-order valence-electron chi connectivity index (χ3n) is 3.17. The molecule has 0 saturated carbocycles. The van der Waals surface area contributed by atoms with Crippen LogP contribution in [0.5, 0.6) is 0 Å². The van der Waals surface area contributed by atoms with Crippen LogP contribution in [0.25, 0.3) is 16.9 Å². The fourth-order valence-electron chi connectivity index (χ4n) is 2.10. The standard InChI is InChI=1S/C16H11N5S2/c1-3-7-12(8-4-1)14-11-22-16(17-14)23-15-18-19-20-21(15)13-9-5-2-6-10-13/h1-11H. The zero-order valence-corrected chi connectivity index (χ0v) is 13.5. The minimum absolute atomic E-state index is 0.699. The zero-order chi connectivity index (χ0) is 15.5. The minimum Gasteiger partial charge on any atom is -0.229 e. The van der Waals surface area contributed by atoms with E-state index in [9.17, 15) is 0 Å². The lowest BCUT2D eigenvalue weighted by Crippen LogP contribution is -1.98. The van der Waals surface area contributed by atoms with E-state index in [1.807, 2.05) is 53.9 Å². The summed E-state index contributed by atoms with van der Waals surface area (Å²) in [5, 5.41) is 14.7. The van der Waals surface area contributed by atoms with E-state index in [-0.39, 0.29) is 0 Å². The Balaban J connectivity index is 1.61. The number of rotatable bonds is 4. The van der Waals surface area contributed by atoms with Gasteiger partial charge in [-0.15, -0.1) is 16.4 Å². The first-order valence-electron chi connectivity index (χ1n) is 6.93. The molecule has 2 aromatic carbocycles. The van der Waals surface area contributed by atoms with Crippen LogP contribution in [0, 0.1) is 0 Å². The molecule has 0 unspecified atom stereocenters. The van der Waals surface area contributed by atoms with E-state index in [1.165, 1.54) is 11.8 Å². The molecule has 0 aliphatic rings. The zero-order valence-electron chi connectivity index (χ0n) is 11.9. The summed E-state index contributed by atoms with van der Waals surface area (Å²) in [6, 6.07) is 20.0. The van der Waals surface area contributed by atoms with Gasteiger partial charge in [-0.2, -0.15) is 4.68 Å². The van der Waals surface area contributed by atoms with Gasteiger partial charge in [-0.25, -0.2) is 4.98 Å². The van der Waals surface area contributed by atoms with E-state index in [4.69, 9.17) is 0 Å². The van der Waals surface area contributed by atoms with Gasteiger partial charge in [0, 0.05) is 10.9 Å². The molecule has 2 heterocycles. The summed E-state index contributed by atoms with van der Waals surface area (Å²) in [4.78, 5) is 4.66. The molecule has 0 radical (unpaired) electrons. The van der Waals surface area contributed by atoms with E-state index in [0.29, 0.717) is 5.16 Å². The quantitative estimate of drug-likeness (QED) is 0.564. The second-order valence-corrected chi connectivity index (χ2v) is 6.75. The molecule has 112 valence electrons. The number of thiazole rings is 1. The highest BCUT2D eigenvalue weighted by Gasteiger charge is 2.13. The van der Waals surface area contributed by atoms with E-state index >= 15 is 0 Å². The van der Waals surface area contributed by atoms with Crippen molar-refractivity contribution in [2.75, 3.05) is 0 Å². The number of hydrogen-bond acceptors (Lipinski definition) is 6. The number of benzene rings is 2. The fourth-order valence-corrected chi connectivity index (χ4v) is 3.82. The van der Waals surface area contributed by atoms with Gasteiger partial charge in [-0.05, 0) is 34.3 Å². The lowest BCUT2D eigenvalue weighted by molar-refractivity contribution is 0.756. The van der Waals surface area contributed by atoms with Gasteiger partial charge in [-0.3, -0.25) is 0 Å². The molecular formula is C16H11N5S2. The topological polar surface area (TPSA) is 56.5 Å². The molecule has 0 bridgehead atoms. The average Bonchev–Trinajstić information content (AvgIpc) is 3.26. The Morgan fingerprint density at radius 3 is 2.43 bits per heavy atom. The van der Waals surface area contributed by atoms with Crippen molar-refractivity contribution in [1.82, 2.24) is 25.2 Å². The molecule has 5 nitrogen and oxygen atoms in total. The summed E-state index contributed by atoms with van der Waals surface area (Å²) in [5.41, 5.74) is 3.01. The van der Waals surface area contributed by atoms with Crippen LogP contribution < -0.4 is 0 Å². The van der Waals surface area contributed by atoms with Crippen molar-refractivity contribution in [3.05, 3.63) is 66.0 Å². The van der Waals surface area contributed by atoms with Gasteiger partial charge in [0.05, 0.1) is 11.4 Å². The summed E-state index contributed by atoms with van der Waals surface area (Å²) in [6.07, 6.45) is 0. The number of nitrogens with zero attached hydrogens (tertiary/aromatic N) is 5. The molecule has 0 fully saturated rings. The Hall–Kier alpha value is -2.51. The molecule has 2 aromatic heterocycles. The Bertz CT molecular complexity index is 902. The van der Waals surface area contributed by atoms with Crippen LogP contribution in [0.2, 0.25) is 0 Å². The summed E-state index contributed by atoms with van der Waals surface area (Å²) < 4.78 is 2.63. The first kappa shape index (κ1) is 14.1. The lowest BCUT2D eigenvalue weighted by Gasteiger charge is -2.01. The van der Waals surface area contributed by atoms with Crippen molar-refractivity contribution in [3.8, 4) is 16.9 Å². The average molecular weight is 337 g/mol. The summed E-state index contributed by atoms with van der Waals surface area (Å²) in [5.74, 6) is 0. The third kappa shape index (κ3) is 3.01. The molecule has 0 aliphatic heterocycles. The predicted octanol–water partition coefficient (Wildman–Crippen LogP) is 3.94. The smallest absolute Gasteiger partial charge is 0.221 e. The normalized spacial score (nSPS) is 10.8. The molecule has 0 amide bonds. The van der Waals surface area contributed by atoms with Crippen molar-refractivity contribution in [2.24, 2.45) is 0 Å². The van der Waals surface area contributed by atoms with Crippen molar-refractivity contribution >= 4 is 23.1 Å². The summed E-state index contributed by atoms with van der Waals surface area (Å²) >= 11 is 3.05. The summed E-state index contributed by atoms with van der Waals surface area (Å²) in [6.45, 7) is 0. The van der Waals surface area contributed by atoms with E-state index in [1.54, 1.807) is 16.0 Å². The Kier molecular flexibility index (Phi) is 3.87. The largest absolute Gasteiger partial charge is 0.229 e. The fraction of sp³-hybridized carbons (Fsp3) is 0. The van der Waals surface area contributed by atoms with Gasteiger partial charge in [0.25, 0.3) is 0 Å². The van der Waals surface area contributed by atoms with Crippen molar-refractivity contribution in [2.45, 2.75) is 9.50 Å². The monoisotopic (exact) mass is 337 g/mol. The van der Waals surface area contributed by atoms with Gasteiger partial charge >= 0.3 is 0 Å². The SMILES string of the molecule is c1ccc(-c2csc(Sc3nnnn3-c3ccccc3)n2)cc1. The molecular weight excluding hydrogens is 326 g/mol. The second kappa shape index (κ2) is 6.31. The predicted molar refractivity (Wildman–Crippen MR) is 90.8 cm³/mol. The molecule has 23 heavy (non-hydrogen) atoms. The first-order chi connectivity index (χ1) is 11.4. The molecule has 7 heteroatoms. The molecule has 0 N–H and O–H groups in total. The molecule has 0 spiro atoms. The molecule has 0 atom stereocenters. The lowest BCUT2D eigenvalue weighted by atomic mass is 10.2. The van der Waals surface area contributed by atoms with Crippen molar-refractivity contribution < 1.29 is 0 Å². The van der Waals surface area contributed by atoms with Crippen LogP contribution in [-0.4, -0.2) is 25.2 Å². The van der Waals surface area contributed by atoms with Crippen LogP contribution in [0.15, 0.2) is 75.5 Å². The number of aromatic nitrogens is 5. The Labute approximate surface area is 141 Å². The van der Waals surface area contributed by atoms with Gasteiger partial charge in [0.2, 0.25) is 5.16 Å². The van der Waals surface area contributed by atoms with Crippen LogP contribution in [-0.2, 0) is 0 Å². The maximum absolute atomic E-state index is 4.66. The van der Waals surface area contributed by atoms with Gasteiger partial charge in [0.1, 0.15) is 0 Å².